The topological polar surface area (TPSA) is 29.5 Å². The van der Waals surface area contributed by atoms with E-state index in [1.54, 1.807) is 31.4 Å². The fraction of sp³-hybridized carbons (Fsp3) is 0.533. The number of hydrogen-bond acceptors (Lipinski definition) is 3. The first-order valence-electron chi connectivity index (χ1n) is 6.53. The Bertz CT molecular complexity index is 390. The van der Waals surface area contributed by atoms with Crippen LogP contribution in [0.5, 0.6) is 0 Å². The van der Waals surface area contributed by atoms with Crippen LogP contribution in [0.25, 0.3) is 0 Å². The predicted molar refractivity (Wildman–Crippen MR) is 78.9 cm³/mol. The number of nitrogens with zero attached hydrogens (tertiary/aromatic N) is 1. The Labute approximate surface area is 120 Å². The van der Waals surface area contributed by atoms with E-state index in [1.807, 2.05) is 0 Å². The molecule has 0 aliphatic carbocycles. The molecule has 0 saturated heterocycles. The van der Waals surface area contributed by atoms with Crippen molar-refractivity contribution in [1.82, 2.24) is 4.90 Å². The highest BCUT2D eigenvalue weighted by atomic mass is 35.5. The van der Waals surface area contributed by atoms with Crippen molar-refractivity contribution >= 4 is 17.4 Å². The van der Waals surface area contributed by atoms with Gasteiger partial charge in [-0.15, -0.1) is 0 Å². The van der Waals surface area contributed by atoms with E-state index in [-0.39, 0.29) is 5.78 Å². The minimum atomic E-state index is 0.119. The van der Waals surface area contributed by atoms with E-state index in [0.717, 1.165) is 13.1 Å². The lowest BCUT2D eigenvalue weighted by atomic mass is 10.1. The standard InChI is InChI=1S/C15H22ClNO2/c1-12(2)10-17(8-9-19-3)11-15(18)13-4-6-14(16)7-5-13/h4-7,12H,8-11H2,1-3H3. The summed E-state index contributed by atoms with van der Waals surface area (Å²) in [5.41, 5.74) is 0.704. The van der Waals surface area contributed by atoms with E-state index in [0.29, 0.717) is 29.7 Å². The third-order valence-electron chi connectivity index (χ3n) is 2.77. The van der Waals surface area contributed by atoms with E-state index in [2.05, 4.69) is 18.7 Å². The van der Waals surface area contributed by atoms with Crippen molar-refractivity contribution in [3.05, 3.63) is 34.9 Å². The number of rotatable bonds is 8. The summed E-state index contributed by atoms with van der Waals surface area (Å²) in [4.78, 5) is 14.3. The molecule has 0 aliphatic rings. The molecule has 1 aromatic rings. The van der Waals surface area contributed by atoms with Crippen molar-refractivity contribution in [2.45, 2.75) is 13.8 Å². The number of hydrogen-bond donors (Lipinski definition) is 0. The van der Waals surface area contributed by atoms with Gasteiger partial charge in [0.2, 0.25) is 0 Å². The van der Waals surface area contributed by atoms with Crippen LogP contribution in [0.2, 0.25) is 5.02 Å². The molecule has 0 radical (unpaired) electrons. The summed E-state index contributed by atoms with van der Waals surface area (Å²) in [5.74, 6) is 0.642. The minimum absolute atomic E-state index is 0.119. The Hall–Kier alpha value is -0.900. The second-order valence-corrected chi connectivity index (χ2v) is 5.49. The van der Waals surface area contributed by atoms with E-state index in [4.69, 9.17) is 16.3 Å². The molecule has 3 nitrogen and oxygen atoms in total. The van der Waals surface area contributed by atoms with Gasteiger partial charge < -0.3 is 4.74 Å². The van der Waals surface area contributed by atoms with Gasteiger partial charge in [-0.05, 0) is 30.2 Å². The zero-order chi connectivity index (χ0) is 14.3. The van der Waals surface area contributed by atoms with Crippen molar-refractivity contribution < 1.29 is 9.53 Å². The number of ketones is 1. The summed E-state index contributed by atoms with van der Waals surface area (Å²) in [6.45, 7) is 7.01. The second kappa shape index (κ2) is 8.31. The molecule has 0 heterocycles. The van der Waals surface area contributed by atoms with Crippen LogP contribution in [0.15, 0.2) is 24.3 Å². The molecule has 1 aromatic carbocycles. The Balaban J connectivity index is 2.61. The Kier molecular flexibility index (Phi) is 7.06. The third kappa shape index (κ3) is 6.19. The quantitative estimate of drug-likeness (QED) is 0.687. The number of methoxy groups -OCH3 is 1. The summed E-state index contributed by atoms with van der Waals surface area (Å²) in [5, 5.41) is 0.648. The lowest BCUT2D eigenvalue weighted by Gasteiger charge is -2.23. The number of benzene rings is 1. The summed E-state index contributed by atoms with van der Waals surface area (Å²) >= 11 is 5.82. The van der Waals surface area contributed by atoms with Gasteiger partial charge in [0.15, 0.2) is 5.78 Å². The van der Waals surface area contributed by atoms with Crippen molar-refractivity contribution in [1.29, 1.82) is 0 Å². The van der Waals surface area contributed by atoms with E-state index >= 15 is 0 Å². The number of Topliss-reactive ketones (excluding diaryl/α,β-unsaturated/α-hetero) is 1. The first-order chi connectivity index (χ1) is 9.02. The highest BCUT2D eigenvalue weighted by molar-refractivity contribution is 6.30. The molecule has 4 heteroatoms. The van der Waals surface area contributed by atoms with E-state index in [1.165, 1.54) is 0 Å². The van der Waals surface area contributed by atoms with Gasteiger partial charge in [-0.1, -0.05) is 25.4 Å². The van der Waals surface area contributed by atoms with Crippen molar-refractivity contribution in [2.75, 3.05) is 33.4 Å². The zero-order valence-corrected chi connectivity index (χ0v) is 12.6. The van der Waals surface area contributed by atoms with Crippen LogP contribution < -0.4 is 0 Å². The number of carbonyl (C=O) groups excluding carboxylic acids is 1. The van der Waals surface area contributed by atoms with Gasteiger partial charge >= 0.3 is 0 Å². The largest absolute Gasteiger partial charge is 0.383 e. The number of carbonyl (C=O) groups is 1. The predicted octanol–water partition coefficient (Wildman–Crippen LogP) is 3.13. The molecule has 0 spiro atoms. The van der Waals surface area contributed by atoms with Gasteiger partial charge in [-0.3, -0.25) is 9.69 Å². The highest BCUT2D eigenvalue weighted by Gasteiger charge is 2.13. The third-order valence-corrected chi connectivity index (χ3v) is 3.02. The molecule has 0 atom stereocenters. The van der Waals surface area contributed by atoms with E-state index in [9.17, 15) is 4.79 Å². The van der Waals surface area contributed by atoms with Gasteiger partial charge in [0, 0.05) is 30.8 Å². The number of ether oxygens (including phenoxy) is 1. The van der Waals surface area contributed by atoms with Crippen LogP contribution in [0.4, 0.5) is 0 Å². The Morgan fingerprint density at radius 3 is 2.47 bits per heavy atom. The Morgan fingerprint density at radius 2 is 1.95 bits per heavy atom. The first kappa shape index (κ1) is 16.2. The second-order valence-electron chi connectivity index (χ2n) is 5.05. The maximum absolute atomic E-state index is 12.2. The maximum atomic E-state index is 12.2. The summed E-state index contributed by atoms with van der Waals surface area (Å²) in [7, 11) is 1.68. The highest BCUT2D eigenvalue weighted by Crippen LogP contribution is 2.11. The van der Waals surface area contributed by atoms with Gasteiger partial charge in [0.1, 0.15) is 0 Å². The van der Waals surface area contributed by atoms with Crippen molar-refractivity contribution in [3.63, 3.8) is 0 Å². The van der Waals surface area contributed by atoms with Gasteiger partial charge in [-0.2, -0.15) is 0 Å². The molecule has 0 aromatic heterocycles. The zero-order valence-electron chi connectivity index (χ0n) is 11.9. The van der Waals surface area contributed by atoms with E-state index < -0.39 is 0 Å². The summed E-state index contributed by atoms with van der Waals surface area (Å²) in [6, 6.07) is 7.04. The van der Waals surface area contributed by atoms with Crippen LogP contribution in [-0.2, 0) is 4.74 Å². The van der Waals surface area contributed by atoms with Gasteiger partial charge in [0.25, 0.3) is 0 Å². The average Bonchev–Trinajstić information content (AvgIpc) is 2.36. The molecule has 106 valence electrons. The maximum Gasteiger partial charge on any atom is 0.176 e. The molecule has 0 fully saturated rings. The monoisotopic (exact) mass is 283 g/mol. The fourth-order valence-corrected chi connectivity index (χ4v) is 2.03. The molecule has 1 rings (SSSR count). The lowest BCUT2D eigenvalue weighted by molar-refractivity contribution is 0.0881. The normalized spacial score (nSPS) is 11.3. The van der Waals surface area contributed by atoms with Crippen LogP contribution >= 0.6 is 11.6 Å². The number of halogens is 1. The molecule has 0 N–H and O–H groups in total. The van der Waals surface area contributed by atoms with Crippen LogP contribution in [0, 0.1) is 5.92 Å². The molecule has 0 bridgehead atoms. The minimum Gasteiger partial charge on any atom is -0.383 e. The first-order valence-corrected chi connectivity index (χ1v) is 6.90. The lowest BCUT2D eigenvalue weighted by Crippen LogP contribution is -2.35. The molecule has 0 unspecified atom stereocenters. The van der Waals surface area contributed by atoms with Crippen molar-refractivity contribution in [2.24, 2.45) is 5.92 Å². The van der Waals surface area contributed by atoms with Gasteiger partial charge in [-0.25, -0.2) is 0 Å². The van der Waals surface area contributed by atoms with Crippen molar-refractivity contribution in [3.8, 4) is 0 Å². The molecular weight excluding hydrogens is 262 g/mol. The van der Waals surface area contributed by atoms with Gasteiger partial charge in [0.05, 0.1) is 13.2 Å². The van der Waals surface area contributed by atoms with Crippen LogP contribution in [0.3, 0.4) is 0 Å². The molecule has 19 heavy (non-hydrogen) atoms. The molecule has 0 saturated carbocycles. The van der Waals surface area contributed by atoms with Crippen LogP contribution in [-0.4, -0.2) is 44.0 Å². The SMILES string of the molecule is COCCN(CC(=O)c1ccc(Cl)cc1)CC(C)C. The molecular formula is C15H22ClNO2. The van der Waals surface area contributed by atoms with Crippen LogP contribution in [0.1, 0.15) is 24.2 Å². The molecule has 0 amide bonds. The summed E-state index contributed by atoms with van der Waals surface area (Å²) in [6.07, 6.45) is 0. The molecule has 0 aliphatic heterocycles. The smallest absolute Gasteiger partial charge is 0.176 e. The Morgan fingerprint density at radius 1 is 1.32 bits per heavy atom. The average molecular weight is 284 g/mol. The summed E-state index contributed by atoms with van der Waals surface area (Å²) < 4.78 is 5.09. The fourth-order valence-electron chi connectivity index (χ4n) is 1.90.